The Morgan fingerprint density at radius 3 is 2.95 bits per heavy atom. The highest BCUT2D eigenvalue weighted by molar-refractivity contribution is 8.00. The molecule has 1 fully saturated rings. The largest absolute Gasteiger partial charge is 0.477 e. The monoisotopic (exact) mass is 542 g/mol. The van der Waals surface area contributed by atoms with Crippen LogP contribution in [0.4, 0.5) is 5.13 Å². The van der Waals surface area contributed by atoms with Crippen molar-refractivity contribution < 1.29 is 28.8 Å². The number of oxime groups is 1. The van der Waals surface area contributed by atoms with Crippen molar-refractivity contribution >= 4 is 57.2 Å². The van der Waals surface area contributed by atoms with Gasteiger partial charge in [-0.25, -0.2) is 9.78 Å². The second-order valence-electron chi connectivity index (χ2n) is 8.41. The number of hydrogen-bond acceptors (Lipinski definition) is 9. The Kier molecular flexibility index (Phi) is 6.60. The summed E-state index contributed by atoms with van der Waals surface area (Å²) in [6.45, 7) is 3.92. The number of pyridine rings is 1. The number of fused-ring (bicyclic) bond motifs is 2. The van der Waals surface area contributed by atoms with Crippen LogP contribution in [-0.4, -0.2) is 67.4 Å². The zero-order chi connectivity index (χ0) is 26.3. The first kappa shape index (κ1) is 24.8. The molecular weight excluding hydrogens is 518 g/mol. The van der Waals surface area contributed by atoms with Crippen molar-refractivity contribution in [2.24, 2.45) is 5.16 Å². The summed E-state index contributed by atoms with van der Waals surface area (Å²) >= 11 is 2.55. The number of nitrogens with one attached hydrogen (secondary N) is 2. The van der Waals surface area contributed by atoms with Gasteiger partial charge < -0.3 is 21.0 Å². The topological polar surface area (TPSA) is 167 Å². The number of carboxylic acids is 1. The lowest BCUT2D eigenvalue weighted by Gasteiger charge is -2.49. The lowest BCUT2D eigenvalue weighted by Crippen LogP contribution is -2.71. The third-order valence-corrected chi connectivity index (χ3v) is 8.10. The molecule has 192 valence electrons. The van der Waals surface area contributed by atoms with Gasteiger partial charge in [-0.1, -0.05) is 9.67 Å². The van der Waals surface area contributed by atoms with E-state index in [1.165, 1.54) is 16.7 Å². The van der Waals surface area contributed by atoms with Gasteiger partial charge in [-0.3, -0.25) is 14.5 Å². The second kappa shape index (κ2) is 9.86. The average molecular weight is 543 g/mol. The number of thioether (sulfide) groups is 1. The van der Waals surface area contributed by atoms with Gasteiger partial charge in [0, 0.05) is 36.6 Å². The Labute approximate surface area is 219 Å². The maximum Gasteiger partial charge on any atom is 0.352 e. The van der Waals surface area contributed by atoms with E-state index in [1.807, 2.05) is 35.8 Å². The number of carboxylic acid groups (broad SMARTS) is 1. The molecule has 0 spiro atoms. The molecule has 3 aromatic rings. The van der Waals surface area contributed by atoms with Crippen LogP contribution in [0.1, 0.15) is 23.9 Å². The summed E-state index contributed by atoms with van der Waals surface area (Å²) in [5.41, 5.74) is 9.28. The molecule has 5 rings (SSSR count). The number of rotatable bonds is 8. The van der Waals surface area contributed by atoms with Crippen LogP contribution in [0.15, 0.2) is 46.2 Å². The summed E-state index contributed by atoms with van der Waals surface area (Å²) in [7, 11) is 0. The van der Waals surface area contributed by atoms with E-state index in [0.29, 0.717) is 17.7 Å². The number of β-lactam (4-membered cyclic amide) rings is 1. The van der Waals surface area contributed by atoms with E-state index < -0.39 is 29.2 Å². The number of amides is 2. The van der Waals surface area contributed by atoms with Crippen LogP contribution in [0.25, 0.3) is 5.52 Å². The number of hydrogen-bond donors (Lipinski definition) is 4. The molecule has 2 aliphatic heterocycles. The van der Waals surface area contributed by atoms with Gasteiger partial charge in [0.1, 0.15) is 29.4 Å². The summed E-state index contributed by atoms with van der Waals surface area (Å²) in [5.74, 6) is -1.94. The third kappa shape index (κ3) is 4.42. The average Bonchev–Trinajstić information content (AvgIpc) is 3.49. The fourth-order valence-corrected chi connectivity index (χ4v) is 6.28. The molecule has 3 aromatic heterocycles. The molecule has 0 aliphatic carbocycles. The van der Waals surface area contributed by atoms with Gasteiger partial charge >= 0.3 is 5.97 Å². The SMILES string of the molecule is CCO/N=C(\C(=O)N[C@@H]1C(=O)N2C(C(=O)O)=C(Cc3c[nH][n+]4c(C)cccc34)CS[C@@H]12)c1csc(N)n1. The number of aliphatic carboxylic acids is 1. The molecule has 5 heterocycles. The van der Waals surface area contributed by atoms with Gasteiger partial charge in [0.25, 0.3) is 11.8 Å². The molecule has 0 aromatic carbocycles. The van der Waals surface area contributed by atoms with Gasteiger partial charge in [0.15, 0.2) is 10.8 Å². The van der Waals surface area contributed by atoms with E-state index in [9.17, 15) is 19.5 Å². The number of aryl methyl sites for hydroxylation is 1. The predicted molar refractivity (Wildman–Crippen MR) is 137 cm³/mol. The van der Waals surface area contributed by atoms with Crippen molar-refractivity contribution in [2.75, 3.05) is 18.1 Å². The van der Waals surface area contributed by atoms with Gasteiger partial charge in [-0.05, 0) is 18.6 Å². The molecule has 0 unspecified atom stereocenters. The van der Waals surface area contributed by atoms with E-state index in [1.54, 1.807) is 12.3 Å². The van der Waals surface area contributed by atoms with Crippen LogP contribution in [0.2, 0.25) is 0 Å². The molecule has 5 N–H and O–H groups in total. The summed E-state index contributed by atoms with van der Waals surface area (Å²) in [5, 5.41) is 21.0. The molecule has 1 saturated heterocycles. The van der Waals surface area contributed by atoms with E-state index in [-0.39, 0.29) is 28.8 Å². The summed E-state index contributed by atoms with van der Waals surface area (Å²) in [6.07, 6.45) is 2.21. The predicted octanol–water partition coefficient (Wildman–Crippen LogP) is 0.822. The lowest BCUT2D eigenvalue weighted by molar-refractivity contribution is -0.583. The maximum absolute atomic E-state index is 13.1. The van der Waals surface area contributed by atoms with Gasteiger partial charge in [0.2, 0.25) is 11.2 Å². The minimum Gasteiger partial charge on any atom is -0.477 e. The Balaban J connectivity index is 1.37. The molecule has 37 heavy (non-hydrogen) atoms. The first-order valence-electron chi connectivity index (χ1n) is 11.4. The normalized spacial score (nSPS) is 19.6. The molecule has 0 bridgehead atoms. The smallest absolute Gasteiger partial charge is 0.352 e. The Bertz CT molecular complexity index is 1480. The number of carbonyl (C=O) groups is 3. The standard InChI is InChI=1S/C23H23N7O5S2/c1-3-35-28-16(14-10-37-23(24)26-14)19(31)27-17-20(32)29-18(22(33)34)13(9-36-21(17)29)7-12-8-25-30-11(2)5-4-6-15(12)30/h4-6,8,10,17,21H,3,7,9H2,1-2H3,(H4,24,26,27,31,33,34)/p+1/b28-16-/t17-,21+/m1/s1. The molecule has 12 nitrogen and oxygen atoms in total. The van der Waals surface area contributed by atoms with E-state index in [0.717, 1.165) is 28.1 Å². The second-order valence-corrected chi connectivity index (χ2v) is 10.4. The van der Waals surface area contributed by atoms with Crippen molar-refractivity contribution in [2.45, 2.75) is 31.7 Å². The van der Waals surface area contributed by atoms with Crippen LogP contribution >= 0.6 is 23.1 Å². The highest BCUT2D eigenvalue weighted by Crippen LogP contribution is 2.41. The molecule has 2 aliphatic rings. The lowest BCUT2D eigenvalue weighted by atomic mass is 9.99. The van der Waals surface area contributed by atoms with Gasteiger partial charge in [-0.2, -0.15) is 5.10 Å². The molecule has 2 atom stereocenters. The number of nitrogens with two attached hydrogens (primary N) is 1. The number of nitrogen functional groups attached to an aromatic ring is 1. The van der Waals surface area contributed by atoms with Crippen LogP contribution in [0.5, 0.6) is 0 Å². The Morgan fingerprint density at radius 2 is 2.24 bits per heavy atom. The van der Waals surface area contributed by atoms with Crippen LogP contribution in [-0.2, 0) is 25.6 Å². The summed E-state index contributed by atoms with van der Waals surface area (Å²) < 4.78 is 1.92. The minimum absolute atomic E-state index is 0.0401. The first-order chi connectivity index (χ1) is 17.8. The van der Waals surface area contributed by atoms with E-state index >= 15 is 0 Å². The van der Waals surface area contributed by atoms with Crippen molar-refractivity contribution in [1.29, 1.82) is 0 Å². The van der Waals surface area contributed by atoms with Gasteiger partial charge in [-0.15, -0.1) is 23.1 Å². The van der Waals surface area contributed by atoms with E-state index in [4.69, 9.17) is 10.6 Å². The van der Waals surface area contributed by atoms with E-state index in [2.05, 4.69) is 20.6 Å². The summed E-state index contributed by atoms with van der Waals surface area (Å²) in [4.78, 5) is 48.8. The minimum atomic E-state index is -1.18. The van der Waals surface area contributed by atoms with Gasteiger partial charge in [0.05, 0.1) is 11.8 Å². The molecule has 14 heteroatoms. The first-order valence-corrected chi connectivity index (χ1v) is 13.3. The Morgan fingerprint density at radius 1 is 1.43 bits per heavy atom. The number of thiazole rings is 1. The fraction of sp³-hybridized carbons (Fsp3) is 0.304. The number of H-pyrrole nitrogens is 1. The summed E-state index contributed by atoms with van der Waals surface area (Å²) in [6, 6.07) is 4.95. The number of aromatic amines is 1. The zero-order valence-electron chi connectivity index (χ0n) is 19.9. The quantitative estimate of drug-likeness (QED) is 0.140. The highest BCUT2D eigenvalue weighted by Gasteiger charge is 2.54. The fourth-order valence-electron chi connectivity index (χ4n) is 4.39. The van der Waals surface area contributed by atoms with Crippen molar-refractivity contribution in [1.82, 2.24) is 20.3 Å². The molecule has 0 saturated carbocycles. The molecule has 2 amide bonds. The highest BCUT2D eigenvalue weighted by atomic mass is 32.2. The molecule has 0 radical (unpaired) electrons. The van der Waals surface area contributed by atoms with Crippen molar-refractivity contribution in [3.05, 3.63) is 58.0 Å². The number of carbonyl (C=O) groups excluding carboxylic acids is 2. The van der Waals surface area contributed by atoms with Crippen LogP contribution < -0.4 is 15.6 Å². The Hall–Kier alpha value is -3.91. The maximum atomic E-state index is 13.1. The number of nitrogens with zero attached hydrogens (tertiary/aromatic N) is 4. The van der Waals surface area contributed by atoms with Crippen LogP contribution in [0.3, 0.4) is 0 Å². The third-order valence-electron chi connectivity index (χ3n) is 6.09. The van der Waals surface area contributed by atoms with Crippen molar-refractivity contribution in [3.63, 3.8) is 0 Å². The number of aromatic nitrogens is 3. The zero-order valence-corrected chi connectivity index (χ0v) is 21.6. The van der Waals surface area contributed by atoms with Crippen LogP contribution in [0, 0.1) is 6.92 Å². The number of anilines is 1. The van der Waals surface area contributed by atoms with Crippen molar-refractivity contribution in [3.8, 4) is 0 Å². The molecular formula is C23H24N7O5S2+.